The summed E-state index contributed by atoms with van der Waals surface area (Å²) in [6, 6.07) is 12.5. The van der Waals surface area contributed by atoms with Gasteiger partial charge in [0.25, 0.3) is 5.91 Å². The number of ether oxygens (including phenoxy) is 2. The zero-order valence-corrected chi connectivity index (χ0v) is 14.0. The highest BCUT2D eigenvalue weighted by atomic mass is 35.5. The summed E-state index contributed by atoms with van der Waals surface area (Å²) in [7, 11) is 0. The second-order valence-electron chi connectivity index (χ2n) is 4.84. The molecule has 0 aliphatic carbocycles. The van der Waals surface area contributed by atoms with Gasteiger partial charge in [0.05, 0.1) is 13.2 Å². The summed E-state index contributed by atoms with van der Waals surface area (Å²) >= 11 is 5.84. The fraction of sp³-hybridized carbons (Fsp3) is 0.278. The molecule has 0 fully saturated rings. The minimum absolute atomic E-state index is 0.163. The SMILES string of the molecule is CCOc1ccc(C(=O)NCc2ccc(Cl)cc2)cc1OCC. The highest BCUT2D eigenvalue weighted by molar-refractivity contribution is 6.30. The lowest BCUT2D eigenvalue weighted by molar-refractivity contribution is 0.0950. The summed E-state index contributed by atoms with van der Waals surface area (Å²) in [4.78, 5) is 12.3. The molecule has 0 aromatic heterocycles. The van der Waals surface area contributed by atoms with E-state index in [1.165, 1.54) is 0 Å². The average molecular weight is 334 g/mol. The second kappa shape index (κ2) is 8.44. The second-order valence-corrected chi connectivity index (χ2v) is 5.27. The van der Waals surface area contributed by atoms with E-state index < -0.39 is 0 Å². The zero-order chi connectivity index (χ0) is 16.7. The maximum atomic E-state index is 12.3. The van der Waals surface area contributed by atoms with Crippen molar-refractivity contribution in [2.45, 2.75) is 20.4 Å². The number of hydrogen-bond acceptors (Lipinski definition) is 3. The molecule has 1 N–H and O–H groups in total. The number of nitrogens with one attached hydrogen (secondary N) is 1. The fourth-order valence-corrected chi connectivity index (χ4v) is 2.21. The minimum atomic E-state index is -0.163. The van der Waals surface area contributed by atoms with Gasteiger partial charge < -0.3 is 14.8 Å². The number of halogens is 1. The molecule has 4 nitrogen and oxygen atoms in total. The van der Waals surface area contributed by atoms with Crippen molar-refractivity contribution in [1.82, 2.24) is 5.32 Å². The molecule has 0 radical (unpaired) electrons. The van der Waals surface area contributed by atoms with Gasteiger partial charge >= 0.3 is 0 Å². The Morgan fingerprint density at radius 2 is 1.65 bits per heavy atom. The van der Waals surface area contributed by atoms with E-state index in [1.807, 2.05) is 26.0 Å². The molecule has 0 unspecified atom stereocenters. The highest BCUT2D eigenvalue weighted by Gasteiger charge is 2.11. The van der Waals surface area contributed by atoms with Gasteiger partial charge in [-0.1, -0.05) is 23.7 Å². The number of carbonyl (C=O) groups excluding carboxylic acids is 1. The van der Waals surface area contributed by atoms with Gasteiger partial charge in [0.2, 0.25) is 0 Å². The largest absolute Gasteiger partial charge is 0.490 e. The van der Waals surface area contributed by atoms with Crippen LogP contribution in [0.3, 0.4) is 0 Å². The Balaban J connectivity index is 2.06. The molecule has 0 spiro atoms. The number of hydrogen-bond donors (Lipinski definition) is 1. The summed E-state index contributed by atoms with van der Waals surface area (Å²) in [5, 5.41) is 3.55. The summed E-state index contributed by atoms with van der Waals surface area (Å²) < 4.78 is 11.0. The van der Waals surface area contributed by atoms with Crippen LogP contribution in [-0.4, -0.2) is 19.1 Å². The molecule has 2 aromatic rings. The topological polar surface area (TPSA) is 47.6 Å². The quantitative estimate of drug-likeness (QED) is 0.831. The Labute approximate surface area is 141 Å². The first-order valence-corrected chi connectivity index (χ1v) is 7.94. The Morgan fingerprint density at radius 3 is 2.30 bits per heavy atom. The maximum Gasteiger partial charge on any atom is 0.251 e. The van der Waals surface area contributed by atoms with Crippen LogP contribution < -0.4 is 14.8 Å². The average Bonchev–Trinajstić information content (AvgIpc) is 2.56. The van der Waals surface area contributed by atoms with Gasteiger partial charge in [-0.25, -0.2) is 0 Å². The van der Waals surface area contributed by atoms with Crippen LogP contribution in [0.5, 0.6) is 11.5 Å². The van der Waals surface area contributed by atoms with E-state index in [2.05, 4.69) is 5.32 Å². The van der Waals surface area contributed by atoms with E-state index in [1.54, 1.807) is 30.3 Å². The minimum Gasteiger partial charge on any atom is -0.490 e. The normalized spacial score (nSPS) is 10.2. The van der Waals surface area contributed by atoms with E-state index in [0.29, 0.717) is 41.8 Å². The Hall–Kier alpha value is -2.20. The van der Waals surface area contributed by atoms with Crippen molar-refractivity contribution in [2.75, 3.05) is 13.2 Å². The summed E-state index contributed by atoms with van der Waals surface area (Å²) in [6.45, 7) is 5.29. The van der Waals surface area contributed by atoms with Crippen LogP contribution in [0.25, 0.3) is 0 Å². The highest BCUT2D eigenvalue weighted by Crippen LogP contribution is 2.28. The van der Waals surface area contributed by atoms with Crippen LogP contribution >= 0.6 is 11.6 Å². The molecule has 5 heteroatoms. The molecule has 2 rings (SSSR count). The van der Waals surface area contributed by atoms with E-state index >= 15 is 0 Å². The molecular weight excluding hydrogens is 314 g/mol. The van der Waals surface area contributed by atoms with Gasteiger partial charge in [0.1, 0.15) is 0 Å². The summed E-state index contributed by atoms with van der Waals surface area (Å²) in [5.41, 5.74) is 1.52. The van der Waals surface area contributed by atoms with Crippen molar-refractivity contribution in [2.24, 2.45) is 0 Å². The van der Waals surface area contributed by atoms with Gasteiger partial charge in [-0.3, -0.25) is 4.79 Å². The van der Waals surface area contributed by atoms with Gasteiger partial charge in [-0.15, -0.1) is 0 Å². The first-order chi connectivity index (χ1) is 11.1. The smallest absolute Gasteiger partial charge is 0.251 e. The number of benzene rings is 2. The molecule has 0 aliphatic rings. The maximum absolute atomic E-state index is 12.3. The van der Waals surface area contributed by atoms with Crippen molar-refractivity contribution in [3.63, 3.8) is 0 Å². The van der Waals surface area contributed by atoms with Gasteiger partial charge in [0, 0.05) is 17.1 Å². The van der Waals surface area contributed by atoms with Crippen molar-refractivity contribution < 1.29 is 14.3 Å². The molecule has 1 amide bonds. The van der Waals surface area contributed by atoms with E-state index in [9.17, 15) is 4.79 Å². The molecule has 0 saturated heterocycles. The van der Waals surface area contributed by atoms with Crippen LogP contribution in [0, 0.1) is 0 Å². The molecule has 0 atom stereocenters. The van der Waals surface area contributed by atoms with Gasteiger partial charge in [-0.2, -0.15) is 0 Å². The number of rotatable bonds is 7. The zero-order valence-electron chi connectivity index (χ0n) is 13.3. The van der Waals surface area contributed by atoms with Crippen LogP contribution in [-0.2, 0) is 6.54 Å². The molecule has 0 saturated carbocycles. The Kier molecular flexibility index (Phi) is 6.29. The third-order valence-corrected chi connectivity index (χ3v) is 3.42. The molecular formula is C18H20ClNO3. The summed E-state index contributed by atoms with van der Waals surface area (Å²) in [5.74, 6) is 1.06. The van der Waals surface area contributed by atoms with Crippen LogP contribution in [0.4, 0.5) is 0 Å². The summed E-state index contributed by atoms with van der Waals surface area (Å²) in [6.07, 6.45) is 0. The molecule has 122 valence electrons. The third-order valence-electron chi connectivity index (χ3n) is 3.17. The van der Waals surface area contributed by atoms with Crippen LogP contribution in [0.1, 0.15) is 29.8 Å². The first kappa shape index (κ1) is 17.2. The molecule has 2 aromatic carbocycles. The van der Waals surface area contributed by atoms with Gasteiger partial charge in [-0.05, 0) is 49.7 Å². The Bertz CT molecular complexity index is 656. The van der Waals surface area contributed by atoms with Gasteiger partial charge in [0.15, 0.2) is 11.5 Å². The predicted octanol–water partition coefficient (Wildman–Crippen LogP) is 4.07. The molecule has 23 heavy (non-hydrogen) atoms. The molecule has 0 bridgehead atoms. The van der Waals surface area contributed by atoms with Crippen molar-refractivity contribution in [1.29, 1.82) is 0 Å². The number of carbonyl (C=O) groups is 1. The lowest BCUT2D eigenvalue weighted by atomic mass is 10.1. The molecule has 0 heterocycles. The Morgan fingerprint density at radius 1 is 1.00 bits per heavy atom. The van der Waals surface area contributed by atoms with Crippen molar-refractivity contribution in [3.05, 3.63) is 58.6 Å². The lowest BCUT2D eigenvalue weighted by Gasteiger charge is -2.12. The predicted molar refractivity (Wildman–Crippen MR) is 91.4 cm³/mol. The van der Waals surface area contributed by atoms with E-state index in [0.717, 1.165) is 5.56 Å². The van der Waals surface area contributed by atoms with E-state index in [4.69, 9.17) is 21.1 Å². The first-order valence-electron chi connectivity index (χ1n) is 7.56. The van der Waals surface area contributed by atoms with Crippen LogP contribution in [0.2, 0.25) is 5.02 Å². The standard InChI is InChI=1S/C18H20ClNO3/c1-3-22-16-10-7-14(11-17(16)23-4-2)18(21)20-12-13-5-8-15(19)9-6-13/h5-11H,3-4,12H2,1-2H3,(H,20,21). The van der Waals surface area contributed by atoms with Crippen molar-refractivity contribution >= 4 is 17.5 Å². The third kappa shape index (κ3) is 4.89. The lowest BCUT2D eigenvalue weighted by Crippen LogP contribution is -2.22. The monoisotopic (exact) mass is 333 g/mol. The van der Waals surface area contributed by atoms with Crippen molar-refractivity contribution in [3.8, 4) is 11.5 Å². The van der Waals surface area contributed by atoms with Crippen LogP contribution in [0.15, 0.2) is 42.5 Å². The van der Waals surface area contributed by atoms with E-state index in [-0.39, 0.29) is 5.91 Å². The number of amides is 1. The molecule has 0 aliphatic heterocycles. The fourth-order valence-electron chi connectivity index (χ4n) is 2.08.